The summed E-state index contributed by atoms with van der Waals surface area (Å²) in [7, 11) is 0. The molecule has 268 valence electrons. The Kier molecular flexibility index (Phi) is 20.4. The van der Waals surface area contributed by atoms with Gasteiger partial charge < -0.3 is 35.6 Å². The maximum Gasteiger partial charge on any atom is 0.337 e. The zero-order valence-corrected chi connectivity index (χ0v) is 28.2. The van der Waals surface area contributed by atoms with E-state index in [9.17, 15) is 44.4 Å². The molecule has 6 N–H and O–H groups in total. The van der Waals surface area contributed by atoms with E-state index >= 15 is 0 Å². The molecule has 48 heavy (non-hydrogen) atoms. The number of aliphatic hydroxyl groups excluding tert-OH is 1. The fourth-order valence-electron chi connectivity index (χ4n) is 5.00. The maximum atomic E-state index is 13.3. The number of aliphatic carboxylic acids is 3. The molecular weight excluding hydrogens is 622 g/mol. The lowest BCUT2D eigenvalue weighted by Crippen LogP contribution is -2.55. The SMILES string of the molecule is CCCCCCCC(=O)CCCCCC/C=C/[C@H](C(=O)N[C@@H](Cc1ccc(OC/C=C(/C)CO)cc1)C(=O)O)[C@@](O)(CC(=O)O)C(=O)O. The minimum atomic E-state index is -3.03. The number of amides is 1. The zero-order chi connectivity index (χ0) is 36.0. The number of hydrogen-bond donors (Lipinski definition) is 6. The summed E-state index contributed by atoms with van der Waals surface area (Å²) in [5.74, 6) is -7.29. The summed E-state index contributed by atoms with van der Waals surface area (Å²) >= 11 is 0. The molecule has 0 saturated carbocycles. The molecule has 12 heteroatoms. The third kappa shape index (κ3) is 16.7. The summed E-state index contributed by atoms with van der Waals surface area (Å²) in [4.78, 5) is 60.9. The highest BCUT2D eigenvalue weighted by Crippen LogP contribution is 2.26. The fourth-order valence-corrected chi connectivity index (χ4v) is 5.00. The molecule has 0 saturated heterocycles. The number of allylic oxidation sites excluding steroid dienone is 1. The number of carboxylic acid groups (broad SMARTS) is 3. The van der Waals surface area contributed by atoms with E-state index in [0.29, 0.717) is 37.0 Å². The number of ether oxygens (including phenoxy) is 1. The first-order valence-corrected chi connectivity index (χ1v) is 16.7. The predicted octanol–water partition coefficient (Wildman–Crippen LogP) is 4.85. The Morgan fingerprint density at radius 1 is 0.896 bits per heavy atom. The van der Waals surface area contributed by atoms with Crippen LogP contribution in [0.3, 0.4) is 0 Å². The molecule has 1 aromatic rings. The number of aliphatic hydroxyl groups is 2. The molecule has 1 rings (SSSR count). The van der Waals surface area contributed by atoms with Crippen LogP contribution >= 0.6 is 0 Å². The van der Waals surface area contributed by atoms with Gasteiger partial charge in [-0.25, -0.2) is 9.59 Å². The second kappa shape index (κ2) is 23.3. The fraction of sp³-hybridized carbons (Fsp3) is 0.583. The summed E-state index contributed by atoms with van der Waals surface area (Å²) in [5, 5.41) is 51.1. The Balaban J connectivity index is 2.84. The minimum absolute atomic E-state index is 0.0923. The zero-order valence-electron chi connectivity index (χ0n) is 28.2. The number of rotatable bonds is 27. The molecule has 0 aliphatic rings. The van der Waals surface area contributed by atoms with Gasteiger partial charge >= 0.3 is 17.9 Å². The van der Waals surface area contributed by atoms with Gasteiger partial charge in [-0.1, -0.05) is 69.7 Å². The highest BCUT2D eigenvalue weighted by molar-refractivity contribution is 5.94. The number of nitrogens with one attached hydrogen (secondary N) is 1. The van der Waals surface area contributed by atoms with Crippen LogP contribution in [0.2, 0.25) is 0 Å². The summed E-state index contributed by atoms with van der Waals surface area (Å²) in [5.41, 5.74) is -1.79. The van der Waals surface area contributed by atoms with E-state index in [2.05, 4.69) is 12.2 Å². The number of carbonyl (C=O) groups excluding carboxylic acids is 2. The van der Waals surface area contributed by atoms with Crippen molar-refractivity contribution in [3.63, 3.8) is 0 Å². The summed E-state index contributed by atoms with van der Waals surface area (Å²) < 4.78 is 5.55. The van der Waals surface area contributed by atoms with Gasteiger partial charge in [-0.2, -0.15) is 0 Å². The van der Waals surface area contributed by atoms with Gasteiger partial charge in [0, 0.05) is 19.3 Å². The van der Waals surface area contributed by atoms with E-state index in [1.165, 1.54) is 12.5 Å². The van der Waals surface area contributed by atoms with Gasteiger partial charge in [0.1, 0.15) is 24.2 Å². The summed E-state index contributed by atoms with van der Waals surface area (Å²) in [6.45, 7) is 4.02. The van der Waals surface area contributed by atoms with Gasteiger partial charge in [0.15, 0.2) is 5.60 Å². The van der Waals surface area contributed by atoms with Crippen LogP contribution in [0.15, 0.2) is 48.1 Å². The van der Waals surface area contributed by atoms with Crippen LogP contribution in [0.1, 0.15) is 103 Å². The average Bonchev–Trinajstić information content (AvgIpc) is 3.03. The first kappa shape index (κ1) is 42.0. The molecule has 0 heterocycles. The Morgan fingerprint density at radius 2 is 1.50 bits per heavy atom. The van der Waals surface area contributed by atoms with E-state index in [1.807, 2.05) is 0 Å². The first-order valence-electron chi connectivity index (χ1n) is 16.7. The normalized spacial score (nSPS) is 14.2. The van der Waals surface area contributed by atoms with Crippen molar-refractivity contribution in [2.24, 2.45) is 5.92 Å². The smallest absolute Gasteiger partial charge is 0.337 e. The highest BCUT2D eigenvalue weighted by Gasteiger charge is 2.49. The molecule has 0 aromatic heterocycles. The van der Waals surface area contributed by atoms with Gasteiger partial charge in [0.25, 0.3) is 0 Å². The van der Waals surface area contributed by atoms with Crippen LogP contribution in [0.5, 0.6) is 5.75 Å². The van der Waals surface area contributed by atoms with Crippen LogP contribution in [0.25, 0.3) is 0 Å². The molecule has 0 unspecified atom stereocenters. The monoisotopic (exact) mass is 675 g/mol. The molecule has 1 aromatic carbocycles. The van der Waals surface area contributed by atoms with Gasteiger partial charge in [0.05, 0.1) is 18.9 Å². The van der Waals surface area contributed by atoms with E-state index in [0.717, 1.165) is 56.6 Å². The van der Waals surface area contributed by atoms with Crippen LogP contribution in [-0.2, 0) is 30.4 Å². The summed E-state index contributed by atoms with van der Waals surface area (Å²) in [6.07, 6.45) is 12.8. The number of carboxylic acids is 3. The predicted molar refractivity (Wildman–Crippen MR) is 180 cm³/mol. The molecule has 0 fully saturated rings. The van der Waals surface area contributed by atoms with Gasteiger partial charge in [-0.3, -0.25) is 14.4 Å². The van der Waals surface area contributed by atoms with Crippen molar-refractivity contribution >= 4 is 29.6 Å². The second-order valence-corrected chi connectivity index (χ2v) is 12.1. The van der Waals surface area contributed by atoms with Crippen molar-refractivity contribution in [2.75, 3.05) is 13.2 Å². The topological polar surface area (TPSA) is 208 Å². The first-order chi connectivity index (χ1) is 22.8. The Bertz CT molecular complexity index is 1220. The minimum Gasteiger partial charge on any atom is -0.490 e. The Hall–Kier alpha value is -4.03. The molecular formula is C36H53NO11. The van der Waals surface area contributed by atoms with E-state index in [1.54, 1.807) is 37.3 Å². The molecule has 0 spiro atoms. The standard InChI is InChI=1S/C36H53NO11/c1-3-4-5-8-11-14-28(39)15-12-9-6-7-10-13-16-30(36(47,35(45)46)24-32(40)41)33(42)37-31(34(43)44)23-27-17-19-29(20-18-27)48-22-21-26(2)25-38/h13,16-21,30-31,38,47H,3-12,14-15,22-25H2,1-2H3,(H,37,42)(H,40,41)(H,43,44)(H,45,46)/b16-13+,26-21-/t30-,31+,36+/m1/s1. The van der Waals surface area contributed by atoms with Gasteiger partial charge in [-0.15, -0.1) is 0 Å². The number of carbonyl (C=O) groups is 5. The van der Waals surface area contributed by atoms with Crippen molar-refractivity contribution in [2.45, 2.75) is 115 Å². The highest BCUT2D eigenvalue weighted by atomic mass is 16.5. The number of unbranched alkanes of at least 4 members (excludes halogenated alkanes) is 8. The Labute approximate surface area is 282 Å². The van der Waals surface area contributed by atoms with Crippen molar-refractivity contribution in [3.8, 4) is 5.75 Å². The lowest BCUT2D eigenvalue weighted by molar-refractivity contribution is -0.172. The van der Waals surface area contributed by atoms with Crippen LogP contribution in [0.4, 0.5) is 0 Å². The number of Topliss-reactive ketones (excluding diaryl/α,β-unsaturated/α-hetero) is 1. The average molecular weight is 676 g/mol. The van der Waals surface area contributed by atoms with Crippen molar-refractivity contribution < 1.29 is 54.2 Å². The Morgan fingerprint density at radius 3 is 2.04 bits per heavy atom. The third-order valence-corrected chi connectivity index (χ3v) is 7.96. The third-order valence-electron chi connectivity index (χ3n) is 7.96. The van der Waals surface area contributed by atoms with Crippen LogP contribution in [-0.4, -0.2) is 80.0 Å². The molecule has 12 nitrogen and oxygen atoms in total. The number of benzene rings is 1. The molecule has 0 aliphatic heterocycles. The van der Waals surface area contributed by atoms with E-state index < -0.39 is 47.8 Å². The lowest BCUT2D eigenvalue weighted by Gasteiger charge is -2.29. The van der Waals surface area contributed by atoms with Gasteiger partial charge in [-0.05, 0) is 62.0 Å². The van der Waals surface area contributed by atoms with Crippen molar-refractivity contribution in [3.05, 3.63) is 53.6 Å². The molecule has 0 bridgehead atoms. The largest absolute Gasteiger partial charge is 0.490 e. The molecule has 0 aliphatic carbocycles. The number of ketones is 1. The van der Waals surface area contributed by atoms with Crippen LogP contribution < -0.4 is 10.1 Å². The van der Waals surface area contributed by atoms with Crippen LogP contribution in [0, 0.1) is 5.92 Å². The molecule has 0 radical (unpaired) electrons. The van der Waals surface area contributed by atoms with Crippen molar-refractivity contribution in [1.29, 1.82) is 0 Å². The molecule has 3 atom stereocenters. The second-order valence-electron chi connectivity index (χ2n) is 12.1. The lowest BCUT2D eigenvalue weighted by atomic mass is 9.82. The van der Waals surface area contributed by atoms with Gasteiger partial charge in [0.2, 0.25) is 5.91 Å². The molecule has 1 amide bonds. The maximum absolute atomic E-state index is 13.3. The van der Waals surface area contributed by atoms with E-state index in [-0.39, 0.29) is 25.4 Å². The van der Waals surface area contributed by atoms with Crippen molar-refractivity contribution in [1.82, 2.24) is 5.32 Å². The quantitative estimate of drug-likeness (QED) is 0.0549. The van der Waals surface area contributed by atoms with E-state index in [4.69, 9.17) is 9.84 Å². The summed E-state index contributed by atoms with van der Waals surface area (Å²) in [6, 6.07) is 4.89. The number of hydrogen-bond acceptors (Lipinski definition) is 8.